The first-order valence-electron chi connectivity index (χ1n) is 6.42. The van der Waals surface area contributed by atoms with Gasteiger partial charge < -0.3 is 10.1 Å². The van der Waals surface area contributed by atoms with E-state index in [4.69, 9.17) is 4.74 Å². The number of methoxy groups -OCH3 is 1. The van der Waals surface area contributed by atoms with Gasteiger partial charge in [0.25, 0.3) is 0 Å². The number of hydrogen-bond donors (Lipinski definition) is 1. The number of ether oxygens (including phenoxy) is 1. The fourth-order valence-electron chi connectivity index (χ4n) is 1.88. The molecule has 0 spiro atoms. The van der Waals surface area contributed by atoms with Gasteiger partial charge in [-0.3, -0.25) is 4.79 Å². The Kier molecular flexibility index (Phi) is 5.33. The maximum atomic E-state index is 13.1. The van der Waals surface area contributed by atoms with Crippen molar-refractivity contribution in [1.29, 1.82) is 0 Å². The molecule has 21 heavy (non-hydrogen) atoms. The zero-order chi connectivity index (χ0) is 15.2. The molecular weight excluding hydrogens is 337 g/mol. The van der Waals surface area contributed by atoms with Crippen LogP contribution in [-0.4, -0.2) is 13.0 Å². The van der Waals surface area contributed by atoms with Gasteiger partial charge in [-0.25, -0.2) is 4.39 Å². The predicted molar refractivity (Wildman–Crippen MR) is 82.6 cm³/mol. The molecule has 2 aromatic rings. The molecule has 2 rings (SSSR count). The van der Waals surface area contributed by atoms with Crippen molar-refractivity contribution >= 4 is 21.8 Å². The van der Waals surface area contributed by atoms with E-state index in [2.05, 4.69) is 21.2 Å². The highest BCUT2D eigenvalue weighted by atomic mass is 79.9. The second-order valence-corrected chi connectivity index (χ2v) is 5.41. The summed E-state index contributed by atoms with van der Waals surface area (Å²) in [4.78, 5) is 11.9. The minimum atomic E-state index is -0.337. The molecule has 0 heterocycles. The summed E-state index contributed by atoms with van der Waals surface area (Å²) in [6, 6.07) is 12.1. The molecule has 0 aliphatic carbocycles. The molecule has 2 aromatic carbocycles. The van der Waals surface area contributed by atoms with Gasteiger partial charge in [-0.1, -0.05) is 18.2 Å². The van der Waals surface area contributed by atoms with Crippen LogP contribution in [0.1, 0.15) is 11.1 Å². The Bertz CT molecular complexity index is 646. The van der Waals surface area contributed by atoms with E-state index in [1.54, 1.807) is 19.2 Å². The van der Waals surface area contributed by atoms with Gasteiger partial charge in [0.1, 0.15) is 11.6 Å². The standard InChI is InChI=1S/C16H15BrFNO2/c1-21-13-4-2-3-12(7-13)10-19-16(20)9-11-5-6-15(18)14(17)8-11/h2-8H,9-10H2,1H3,(H,19,20). The van der Waals surface area contributed by atoms with Gasteiger partial charge in [0.2, 0.25) is 5.91 Å². The van der Waals surface area contributed by atoms with E-state index in [0.29, 0.717) is 11.0 Å². The lowest BCUT2D eigenvalue weighted by Gasteiger charge is -2.07. The highest BCUT2D eigenvalue weighted by molar-refractivity contribution is 9.10. The third-order valence-corrected chi connectivity index (χ3v) is 3.58. The van der Waals surface area contributed by atoms with Crippen LogP contribution in [0, 0.1) is 5.82 Å². The van der Waals surface area contributed by atoms with E-state index in [0.717, 1.165) is 16.9 Å². The summed E-state index contributed by atoms with van der Waals surface area (Å²) in [5, 5.41) is 2.83. The van der Waals surface area contributed by atoms with Crippen LogP contribution >= 0.6 is 15.9 Å². The SMILES string of the molecule is COc1cccc(CNC(=O)Cc2ccc(F)c(Br)c2)c1. The summed E-state index contributed by atoms with van der Waals surface area (Å²) in [6.07, 6.45) is 0.211. The average molecular weight is 352 g/mol. The molecule has 0 radical (unpaired) electrons. The van der Waals surface area contributed by atoms with E-state index in [9.17, 15) is 9.18 Å². The maximum Gasteiger partial charge on any atom is 0.224 e. The summed E-state index contributed by atoms with van der Waals surface area (Å²) in [6.45, 7) is 0.429. The van der Waals surface area contributed by atoms with Gasteiger partial charge >= 0.3 is 0 Å². The molecule has 0 unspecified atom stereocenters. The Labute approximate surface area is 131 Å². The summed E-state index contributed by atoms with van der Waals surface area (Å²) in [7, 11) is 1.60. The van der Waals surface area contributed by atoms with E-state index in [-0.39, 0.29) is 18.1 Å². The molecule has 0 aromatic heterocycles. The lowest BCUT2D eigenvalue weighted by Crippen LogP contribution is -2.24. The van der Waals surface area contributed by atoms with Crippen molar-refractivity contribution in [3.8, 4) is 5.75 Å². The van der Waals surface area contributed by atoms with Gasteiger partial charge in [0.15, 0.2) is 0 Å². The fraction of sp³-hybridized carbons (Fsp3) is 0.188. The van der Waals surface area contributed by atoms with Crippen LogP contribution in [0.25, 0.3) is 0 Å². The first-order chi connectivity index (χ1) is 10.1. The van der Waals surface area contributed by atoms with Crippen LogP contribution < -0.4 is 10.1 Å². The van der Waals surface area contributed by atoms with Gasteiger partial charge in [-0.2, -0.15) is 0 Å². The molecule has 0 bridgehead atoms. The highest BCUT2D eigenvalue weighted by Crippen LogP contribution is 2.17. The van der Waals surface area contributed by atoms with Gasteiger partial charge in [0.05, 0.1) is 18.0 Å². The van der Waals surface area contributed by atoms with Crippen LogP contribution in [0.5, 0.6) is 5.75 Å². The fourth-order valence-corrected chi connectivity index (χ4v) is 2.31. The molecule has 0 atom stereocenters. The van der Waals surface area contributed by atoms with E-state index >= 15 is 0 Å². The highest BCUT2D eigenvalue weighted by Gasteiger charge is 2.06. The molecule has 5 heteroatoms. The van der Waals surface area contributed by atoms with E-state index in [1.807, 2.05) is 24.3 Å². The van der Waals surface area contributed by atoms with Gasteiger partial charge in [-0.05, 0) is 51.3 Å². The lowest BCUT2D eigenvalue weighted by atomic mass is 10.1. The number of carbonyl (C=O) groups excluding carboxylic acids is 1. The van der Waals surface area contributed by atoms with Crippen LogP contribution in [0.2, 0.25) is 0 Å². The normalized spacial score (nSPS) is 10.2. The first-order valence-corrected chi connectivity index (χ1v) is 7.21. The quantitative estimate of drug-likeness (QED) is 0.895. The van der Waals surface area contributed by atoms with Crippen molar-refractivity contribution < 1.29 is 13.9 Å². The van der Waals surface area contributed by atoms with E-state index < -0.39 is 0 Å². The molecule has 1 amide bonds. The maximum absolute atomic E-state index is 13.1. The molecule has 1 N–H and O–H groups in total. The number of hydrogen-bond acceptors (Lipinski definition) is 2. The topological polar surface area (TPSA) is 38.3 Å². The third kappa shape index (κ3) is 4.56. The van der Waals surface area contributed by atoms with Crippen LogP contribution in [0.3, 0.4) is 0 Å². The molecule has 0 aliphatic heterocycles. The molecule has 0 fully saturated rings. The zero-order valence-electron chi connectivity index (χ0n) is 11.5. The second kappa shape index (κ2) is 7.22. The van der Waals surface area contributed by atoms with Crippen molar-refractivity contribution in [2.24, 2.45) is 0 Å². The molecular formula is C16H15BrFNO2. The zero-order valence-corrected chi connectivity index (χ0v) is 13.1. The number of nitrogens with one attached hydrogen (secondary N) is 1. The number of benzene rings is 2. The van der Waals surface area contributed by atoms with Crippen molar-refractivity contribution in [3.63, 3.8) is 0 Å². The van der Waals surface area contributed by atoms with Gasteiger partial charge in [-0.15, -0.1) is 0 Å². The number of rotatable bonds is 5. The second-order valence-electron chi connectivity index (χ2n) is 4.55. The van der Waals surface area contributed by atoms with Crippen molar-refractivity contribution in [2.45, 2.75) is 13.0 Å². The Morgan fingerprint density at radius 2 is 2.05 bits per heavy atom. The Morgan fingerprint density at radius 3 is 2.76 bits per heavy atom. The summed E-state index contributed by atoms with van der Waals surface area (Å²) in [5.41, 5.74) is 1.72. The van der Waals surface area contributed by atoms with Crippen LogP contribution in [-0.2, 0) is 17.8 Å². The molecule has 110 valence electrons. The van der Waals surface area contributed by atoms with Crippen LogP contribution in [0.4, 0.5) is 4.39 Å². The summed E-state index contributed by atoms with van der Waals surface area (Å²) < 4.78 is 18.6. The summed E-state index contributed by atoms with van der Waals surface area (Å²) in [5.74, 6) is 0.302. The predicted octanol–water partition coefficient (Wildman–Crippen LogP) is 3.46. The molecule has 0 saturated heterocycles. The van der Waals surface area contributed by atoms with Gasteiger partial charge in [0, 0.05) is 6.54 Å². The monoisotopic (exact) mass is 351 g/mol. The largest absolute Gasteiger partial charge is 0.497 e. The van der Waals surface area contributed by atoms with E-state index in [1.165, 1.54) is 6.07 Å². The molecule has 0 saturated carbocycles. The Balaban J connectivity index is 1.91. The number of halogens is 2. The minimum absolute atomic E-state index is 0.115. The Morgan fingerprint density at radius 1 is 1.24 bits per heavy atom. The minimum Gasteiger partial charge on any atom is -0.497 e. The molecule has 3 nitrogen and oxygen atoms in total. The van der Waals surface area contributed by atoms with Crippen molar-refractivity contribution in [1.82, 2.24) is 5.32 Å². The molecule has 0 aliphatic rings. The Hall–Kier alpha value is -1.88. The summed E-state index contributed by atoms with van der Waals surface area (Å²) >= 11 is 3.11. The van der Waals surface area contributed by atoms with Crippen molar-refractivity contribution in [2.75, 3.05) is 7.11 Å². The van der Waals surface area contributed by atoms with Crippen LogP contribution in [0.15, 0.2) is 46.9 Å². The average Bonchev–Trinajstić information content (AvgIpc) is 2.49. The first kappa shape index (κ1) is 15.5. The third-order valence-electron chi connectivity index (χ3n) is 2.97. The smallest absolute Gasteiger partial charge is 0.224 e. The number of carbonyl (C=O) groups is 1. The lowest BCUT2D eigenvalue weighted by molar-refractivity contribution is -0.120. The number of amides is 1. The van der Waals surface area contributed by atoms with Crippen molar-refractivity contribution in [3.05, 3.63) is 63.9 Å².